The van der Waals surface area contributed by atoms with Gasteiger partial charge in [0.2, 0.25) is 0 Å². The molecule has 1 aromatic rings. The van der Waals surface area contributed by atoms with Gasteiger partial charge in [0.15, 0.2) is 0 Å². The average molecular weight is 319 g/mol. The summed E-state index contributed by atoms with van der Waals surface area (Å²) in [5, 5.41) is 1.70. The van der Waals surface area contributed by atoms with E-state index in [0.717, 1.165) is 18.2 Å². The van der Waals surface area contributed by atoms with E-state index in [1.165, 1.54) is 6.08 Å². The molecule has 1 aromatic carbocycles. The van der Waals surface area contributed by atoms with Gasteiger partial charge >= 0.3 is 0 Å². The van der Waals surface area contributed by atoms with Crippen LogP contribution in [0.5, 0.6) is 0 Å². The van der Waals surface area contributed by atoms with Gasteiger partial charge in [-0.25, -0.2) is 0 Å². The molecule has 4 nitrogen and oxygen atoms in total. The third kappa shape index (κ3) is 3.96. The predicted octanol–water partition coefficient (Wildman–Crippen LogP) is 3.06. The van der Waals surface area contributed by atoms with Gasteiger partial charge in [0.1, 0.15) is 5.84 Å². The molecule has 1 aliphatic rings. The number of hydrogen-bond acceptors (Lipinski definition) is 2. The summed E-state index contributed by atoms with van der Waals surface area (Å²) in [6, 6.07) is 4.93. The van der Waals surface area contributed by atoms with Crippen LogP contribution in [-0.4, -0.2) is 14.3 Å². The number of sulfonamides is 1. The molecule has 7 heteroatoms. The van der Waals surface area contributed by atoms with Crippen molar-refractivity contribution in [3.05, 3.63) is 39.2 Å². The minimum absolute atomic E-state index is 0.104. The molecule has 102 valence electrons. The summed E-state index contributed by atoms with van der Waals surface area (Å²) in [6.07, 6.45) is 3.11. The number of amidine groups is 1. The van der Waals surface area contributed by atoms with E-state index >= 15 is 0 Å². The molecule has 0 heterocycles. The van der Waals surface area contributed by atoms with Crippen molar-refractivity contribution in [3.8, 4) is 0 Å². The van der Waals surface area contributed by atoms with Crippen LogP contribution in [0.4, 0.5) is 0 Å². The Morgan fingerprint density at radius 3 is 2.42 bits per heavy atom. The minimum Gasteiger partial charge on any atom is -0.386 e. The van der Waals surface area contributed by atoms with Gasteiger partial charge in [-0.2, -0.15) is 8.42 Å². The fourth-order valence-electron chi connectivity index (χ4n) is 1.45. The summed E-state index contributed by atoms with van der Waals surface area (Å²) in [6.45, 7) is 0. The maximum Gasteiger partial charge on any atom is 0.277 e. The molecule has 19 heavy (non-hydrogen) atoms. The lowest BCUT2D eigenvalue weighted by molar-refractivity contribution is 0.606. The largest absolute Gasteiger partial charge is 0.386 e. The molecule has 2 rings (SSSR count). The molecular formula is C12H12Cl2N2O2S. The zero-order valence-electron chi connectivity index (χ0n) is 9.88. The molecule has 0 atom stereocenters. The number of halogens is 2. The Kier molecular flexibility index (Phi) is 4.18. The Balaban J connectivity index is 2.24. The second-order valence-corrected chi connectivity index (χ2v) is 6.54. The first-order valence-electron chi connectivity index (χ1n) is 5.61. The van der Waals surface area contributed by atoms with Crippen LogP contribution in [0.15, 0.2) is 28.0 Å². The summed E-state index contributed by atoms with van der Waals surface area (Å²) in [5.74, 6) is 0.266. The SMILES string of the molecule is NC(=NS(=O)(=O)C=Cc1c(Cl)cccc1Cl)C1CC1. The molecule has 2 N–H and O–H groups in total. The average Bonchev–Trinajstić information content (AvgIpc) is 3.11. The Bertz CT molecular complexity index is 629. The highest BCUT2D eigenvalue weighted by Crippen LogP contribution is 2.29. The van der Waals surface area contributed by atoms with Gasteiger partial charge in [-0.15, -0.1) is 4.40 Å². The van der Waals surface area contributed by atoms with E-state index in [-0.39, 0.29) is 11.8 Å². The van der Waals surface area contributed by atoms with Gasteiger partial charge in [-0.05, 0) is 31.1 Å². The first-order valence-corrected chi connectivity index (χ1v) is 7.87. The third-order valence-electron chi connectivity index (χ3n) is 2.63. The van der Waals surface area contributed by atoms with Crippen LogP contribution < -0.4 is 5.73 Å². The van der Waals surface area contributed by atoms with Gasteiger partial charge in [-0.1, -0.05) is 29.3 Å². The molecule has 1 saturated carbocycles. The van der Waals surface area contributed by atoms with Gasteiger partial charge < -0.3 is 5.73 Å². The molecule has 0 saturated heterocycles. The van der Waals surface area contributed by atoms with Crippen molar-refractivity contribution < 1.29 is 8.42 Å². The minimum atomic E-state index is -3.75. The van der Waals surface area contributed by atoms with Gasteiger partial charge in [0.25, 0.3) is 10.0 Å². The fourth-order valence-corrected chi connectivity index (χ4v) is 2.79. The van der Waals surface area contributed by atoms with Crippen LogP contribution >= 0.6 is 23.2 Å². The van der Waals surface area contributed by atoms with Gasteiger partial charge in [0.05, 0.1) is 5.41 Å². The standard InChI is InChI=1S/C12H12Cl2N2O2S/c13-10-2-1-3-11(14)9(10)6-7-19(17,18)16-12(15)8-4-5-8/h1-3,6-8H,4-5H2,(H2,15,16). The quantitative estimate of drug-likeness (QED) is 0.685. The van der Waals surface area contributed by atoms with E-state index in [0.29, 0.717) is 15.6 Å². The summed E-state index contributed by atoms with van der Waals surface area (Å²) < 4.78 is 27.0. The topological polar surface area (TPSA) is 72.5 Å². The number of benzene rings is 1. The molecular weight excluding hydrogens is 307 g/mol. The van der Waals surface area contributed by atoms with Crippen LogP contribution in [0, 0.1) is 5.92 Å². The first-order chi connectivity index (χ1) is 8.89. The van der Waals surface area contributed by atoms with Crippen LogP contribution in [0.2, 0.25) is 10.0 Å². The van der Waals surface area contributed by atoms with E-state index < -0.39 is 10.0 Å². The number of rotatable bonds is 4. The van der Waals surface area contributed by atoms with Crippen LogP contribution in [0.25, 0.3) is 6.08 Å². The third-order valence-corrected chi connectivity index (χ3v) is 4.24. The highest BCUT2D eigenvalue weighted by Gasteiger charge is 2.26. The fraction of sp³-hybridized carbons (Fsp3) is 0.250. The van der Waals surface area contributed by atoms with E-state index in [9.17, 15) is 8.42 Å². The Morgan fingerprint density at radius 2 is 1.89 bits per heavy atom. The van der Waals surface area contributed by atoms with Crippen molar-refractivity contribution in [1.29, 1.82) is 0 Å². The van der Waals surface area contributed by atoms with E-state index in [1.807, 2.05) is 0 Å². The highest BCUT2D eigenvalue weighted by atomic mass is 35.5. The highest BCUT2D eigenvalue weighted by molar-refractivity contribution is 7.93. The summed E-state index contributed by atoms with van der Waals surface area (Å²) >= 11 is 11.9. The lowest BCUT2D eigenvalue weighted by Crippen LogP contribution is -2.15. The number of nitrogens with zero attached hydrogens (tertiary/aromatic N) is 1. The van der Waals surface area contributed by atoms with Gasteiger partial charge in [0, 0.05) is 21.5 Å². The first kappa shape index (κ1) is 14.4. The van der Waals surface area contributed by atoms with Crippen LogP contribution in [0.1, 0.15) is 18.4 Å². The normalized spacial score (nSPS) is 17.1. The maximum atomic E-state index is 11.7. The zero-order chi connectivity index (χ0) is 14.0. The second-order valence-electron chi connectivity index (χ2n) is 4.24. The molecule has 0 amide bonds. The van der Waals surface area contributed by atoms with Crippen molar-refractivity contribution in [2.75, 3.05) is 0 Å². The van der Waals surface area contributed by atoms with E-state index in [2.05, 4.69) is 4.40 Å². The summed E-state index contributed by atoms with van der Waals surface area (Å²) in [5.41, 5.74) is 6.02. The molecule has 0 aliphatic heterocycles. The Hall–Kier alpha value is -1.04. The molecule has 0 aromatic heterocycles. The Labute approximate surface area is 122 Å². The van der Waals surface area contributed by atoms with Crippen molar-refractivity contribution in [2.24, 2.45) is 16.0 Å². The van der Waals surface area contributed by atoms with E-state index in [4.69, 9.17) is 28.9 Å². The molecule has 1 aliphatic carbocycles. The molecule has 0 spiro atoms. The lowest BCUT2D eigenvalue weighted by atomic mass is 10.2. The number of hydrogen-bond donors (Lipinski definition) is 1. The Morgan fingerprint density at radius 1 is 1.32 bits per heavy atom. The maximum absolute atomic E-state index is 11.7. The predicted molar refractivity (Wildman–Crippen MR) is 78.8 cm³/mol. The number of nitrogens with two attached hydrogens (primary N) is 1. The zero-order valence-corrected chi connectivity index (χ0v) is 12.2. The summed E-state index contributed by atoms with van der Waals surface area (Å²) in [7, 11) is -3.75. The van der Waals surface area contributed by atoms with Crippen LogP contribution in [-0.2, 0) is 10.0 Å². The molecule has 0 unspecified atom stereocenters. The second kappa shape index (κ2) is 5.53. The smallest absolute Gasteiger partial charge is 0.277 e. The molecule has 1 fully saturated rings. The van der Waals surface area contributed by atoms with Crippen molar-refractivity contribution in [1.82, 2.24) is 0 Å². The van der Waals surface area contributed by atoms with E-state index in [1.54, 1.807) is 18.2 Å². The van der Waals surface area contributed by atoms with Crippen molar-refractivity contribution >= 4 is 45.1 Å². The monoisotopic (exact) mass is 318 g/mol. The summed E-state index contributed by atoms with van der Waals surface area (Å²) in [4.78, 5) is 0. The van der Waals surface area contributed by atoms with Crippen molar-refractivity contribution in [2.45, 2.75) is 12.8 Å². The van der Waals surface area contributed by atoms with Crippen molar-refractivity contribution in [3.63, 3.8) is 0 Å². The lowest BCUT2D eigenvalue weighted by Gasteiger charge is -2.00. The molecule has 0 radical (unpaired) electrons. The van der Waals surface area contributed by atoms with Crippen LogP contribution in [0.3, 0.4) is 0 Å². The van der Waals surface area contributed by atoms with Gasteiger partial charge in [-0.3, -0.25) is 0 Å². The molecule has 0 bridgehead atoms.